The average Bonchev–Trinajstić information content (AvgIpc) is 2.76. The zero-order valence-electron chi connectivity index (χ0n) is 16.4. The Morgan fingerprint density at radius 2 is 1.89 bits per heavy atom. The summed E-state index contributed by atoms with van der Waals surface area (Å²) in [6.45, 7) is 3.20. The molecule has 1 aromatic carbocycles. The molecule has 1 aliphatic heterocycles. The number of carbonyl (C=O) groups is 1. The van der Waals surface area contributed by atoms with Crippen LogP contribution in [0.25, 0.3) is 0 Å². The molecule has 28 heavy (non-hydrogen) atoms. The minimum absolute atomic E-state index is 0.0171. The van der Waals surface area contributed by atoms with Gasteiger partial charge in [-0.15, -0.1) is 0 Å². The number of aromatic nitrogens is 2. The molecule has 2 N–H and O–H groups in total. The highest BCUT2D eigenvalue weighted by Gasteiger charge is 2.17. The molecule has 1 amide bonds. The van der Waals surface area contributed by atoms with E-state index in [1.165, 1.54) is 0 Å². The van der Waals surface area contributed by atoms with E-state index in [0.29, 0.717) is 24.8 Å². The van der Waals surface area contributed by atoms with Crippen LogP contribution in [0.1, 0.15) is 37.3 Å². The highest BCUT2D eigenvalue weighted by atomic mass is 16.5. The molecule has 7 heteroatoms. The maximum Gasteiger partial charge on any atom is 0.228 e. The summed E-state index contributed by atoms with van der Waals surface area (Å²) in [6, 6.07) is 11.9. The predicted octanol–water partition coefficient (Wildman–Crippen LogP) is 2.31. The van der Waals surface area contributed by atoms with Crippen molar-refractivity contribution < 1.29 is 9.53 Å². The van der Waals surface area contributed by atoms with Crippen molar-refractivity contribution >= 4 is 11.9 Å². The Morgan fingerprint density at radius 3 is 2.71 bits per heavy atom. The molecule has 1 saturated heterocycles. The van der Waals surface area contributed by atoms with Gasteiger partial charge >= 0.3 is 0 Å². The number of anilines is 1. The zero-order valence-corrected chi connectivity index (χ0v) is 16.4. The van der Waals surface area contributed by atoms with Crippen molar-refractivity contribution in [1.82, 2.24) is 20.6 Å². The number of ether oxygens (including phenoxy) is 1. The van der Waals surface area contributed by atoms with Crippen molar-refractivity contribution in [3.63, 3.8) is 0 Å². The first-order valence-electron chi connectivity index (χ1n) is 9.93. The third kappa shape index (κ3) is 5.92. The Kier molecular flexibility index (Phi) is 7.61. The van der Waals surface area contributed by atoms with Gasteiger partial charge in [0.1, 0.15) is 0 Å². The Morgan fingerprint density at radius 1 is 1.07 bits per heavy atom. The lowest BCUT2D eigenvalue weighted by atomic mass is 10.0. The summed E-state index contributed by atoms with van der Waals surface area (Å²) >= 11 is 0. The molecule has 0 aliphatic carbocycles. The first kappa shape index (κ1) is 20.1. The van der Waals surface area contributed by atoms with E-state index < -0.39 is 0 Å². The third-order valence-corrected chi connectivity index (χ3v) is 4.87. The van der Waals surface area contributed by atoms with Gasteiger partial charge in [-0.1, -0.05) is 30.3 Å². The molecule has 2 heterocycles. The van der Waals surface area contributed by atoms with Crippen LogP contribution in [0.15, 0.2) is 42.6 Å². The van der Waals surface area contributed by atoms with E-state index in [1.807, 2.05) is 18.2 Å². The Hall–Kier alpha value is -2.67. The van der Waals surface area contributed by atoms with Crippen molar-refractivity contribution in [2.45, 2.75) is 31.7 Å². The first-order valence-corrected chi connectivity index (χ1v) is 9.93. The van der Waals surface area contributed by atoms with Crippen LogP contribution in [0, 0.1) is 0 Å². The van der Waals surface area contributed by atoms with E-state index in [0.717, 1.165) is 44.5 Å². The number of nitrogens with zero attached hydrogens (tertiary/aromatic N) is 3. The van der Waals surface area contributed by atoms with Gasteiger partial charge in [0.15, 0.2) is 0 Å². The fourth-order valence-electron chi connectivity index (χ4n) is 3.36. The fraction of sp³-hybridized carbons (Fsp3) is 0.476. The molecule has 0 bridgehead atoms. The van der Waals surface area contributed by atoms with Crippen LogP contribution in [0.4, 0.5) is 5.95 Å². The van der Waals surface area contributed by atoms with Crippen molar-refractivity contribution in [3.05, 3.63) is 48.2 Å². The standard InChI is InChI=1S/C21H29N5O2/c1-28-20-10-13-24-21(25-20)26-14-6-5-11-23-19(27)16-18(22-12-7-15-26)17-8-3-2-4-9-17/h2-4,8-10,13,18,22H,5-7,11-12,14-16H2,1H3,(H,23,27). The highest BCUT2D eigenvalue weighted by Crippen LogP contribution is 2.18. The van der Waals surface area contributed by atoms with E-state index in [-0.39, 0.29) is 11.9 Å². The highest BCUT2D eigenvalue weighted by molar-refractivity contribution is 5.76. The summed E-state index contributed by atoms with van der Waals surface area (Å²) in [5.74, 6) is 1.36. The van der Waals surface area contributed by atoms with E-state index in [2.05, 4.69) is 37.6 Å². The molecular weight excluding hydrogens is 354 g/mol. The number of hydrogen-bond acceptors (Lipinski definition) is 6. The molecule has 1 atom stereocenters. The largest absolute Gasteiger partial charge is 0.481 e. The number of rotatable bonds is 3. The second-order valence-electron chi connectivity index (χ2n) is 6.92. The molecule has 0 spiro atoms. The normalized spacial score (nSPS) is 19.7. The fourth-order valence-corrected chi connectivity index (χ4v) is 3.36. The van der Waals surface area contributed by atoms with Crippen molar-refractivity contribution in [1.29, 1.82) is 0 Å². The SMILES string of the molecule is COc1ccnc(N2CCCCNC(=O)CC(c3ccccc3)NCCC2)n1. The smallest absolute Gasteiger partial charge is 0.228 e. The molecule has 1 fully saturated rings. The quantitative estimate of drug-likeness (QED) is 0.847. The number of amides is 1. The summed E-state index contributed by atoms with van der Waals surface area (Å²) in [5, 5.41) is 6.59. The zero-order chi connectivity index (χ0) is 19.6. The van der Waals surface area contributed by atoms with Gasteiger partial charge in [0.2, 0.25) is 17.7 Å². The minimum atomic E-state index is 0.0171. The summed E-state index contributed by atoms with van der Waals surface area (Å²) < 4.78 is 5.24. The van der Waals surface area contributed by atoms with Crippen molar-refractivity contribution in [2.75, 3.05) is 38.2 Å². The van der Waals surface area contributed by atoms with Crippen LogP contribution in [0.2, 0.25) is 0 Å². The molecule has 150 valence electrons. The van der Waals surface area contributed by atoms with Crippen LogP contribution in [0.5, 0.6) is 5.88 Å². The number of carbonyl (C=O) groups excluding carboxylic acids is 1. The van der Waals surface area contributed by atoms with Crippen LogP contribution in [-0.2, 0) is 4.79 Å². The van der Waals surface area contributed by atoms with E-state index >= 15 is 0 Å². The Labute approximate surface area is 166 Å². The number of hydrogen-bond donors (Lipinski definition) is 2. The maximum atomic E-state index is 12.3. The van der Waals surface area contributed by atoms with Crippen LogP contribution in [-0.4, -0.2) is 49.2 Å². The number of methoxy groups -OCH3 is 1. The molecule has 1 aliphatic rings. The number of benzene rings is 1. The van der Waals surface area contributed by atoms with Gasteiger partial charge in [0.25, 0.3) is 0 Å². The Bertz CT molecular complexity index is 741. The van der Waals surface area contributed by atoms with Crippen LogP contribution < -0.4 is 20.3 Å². The van der Waals surface area contributed by atoms with Gasteiger partial charge in [-0.3, -0.25) is 4.79 Å². The third-order valence-electron chi connectivity index (χ3n) is 4.87. The summed E-state index contributed by atoms with van der Waals surface area (Å²) in [4.78, 5) is 23.4. The van der Waals surface area contributed by atoms with Gasteiger partial charge in [-0.05, 0) is 31.4 Å². The topological polar surface area (TPSA) is 79.4 Å². The van der Waals surface area contributed by atoms with E-state index in [4.69, 9.17) is 4.74 Å². The molecule has 1 unspecified atom stereocenters. The second kappa shape index (κ2) is 10.6. The van der Waals surface area contributed by atoms with Crippen molar-refractivity contribution in [2.24, 2.45) is 0 Å². The van der Waals surface area contributed by atoms with Crippen molar-refractivity contribution in [3.8, 4) is 5.88 Å². The number of nitrogens with one attached hydrogen (secondary N) is 2. The van der Waals surface area contributed by atoms with Gasteiger partial charge in [0, 0.05) is 44.4 Å². The molecule has 0 radical (unpaired) electrons. The lowest BCUT2D eigenvalue weighted by Gasteiger charge is -2.23. The predicted molar refractivity (Wildman–Crippen MR) is 109 cm³/mol. The molecule has 2 aromatic rings. The lowest BCUT2D eigenvalue weighted by Crippen LogP contribution is -2.32. The molecule has 0 saturated carbocycles. The minimum Gasteiger partial charge on any atom is -0.481 e. The van der Waals surface area contributed by atoms with E-state index in [9.17, 15) is 4.79 Å². The average molecular weight is 383 g/mol. The summed E-state index contributed by atoms with van der Waals surface area (Å²) in [7, 11) is 1.61. The summed E-state index contributed by atoms with van der Waals surface area (Å²) in [6.07, 6.45) is 5.01. The van der Waals surface area contributed by atoms with Crippen LogP contribution in [0.3, 0.4) is 0 Å². The molecule has 7 nitrogen and oxygen atoms in total. The molecule has 1 aromatic heterocycles. The van der Waals surface area contributed by atoms with Gasteiger partial charge < -0.3 is 20.3 Å². The second-order valence-corrected chi connectivity index (χ2v) is 6.92. The van der Waals surface area contributed by atoms with Crippen LogP contribution >= 0.6 is 0 Å². The lowest BCUT2D eigenvalue weighted by molar-refractivity contribution is -0.121. The summed E-state index contributed by atoms with van der Waals surface area (Å²) in [5.41, 5.74) is 1.14. The van der Waals surface area contributed by atoms with Gasteiger partial charge in [0.05, 0.1) is 7.11 Å². The van der Waals surface area contributed by atoms with E-state index in [1.54, 1.807) is 19.4 Å². The Balaban J connectivity index is 1.68. The molecule has 3 rings (SSSR count). The molecular formula is C21H29N5O2. The van der Waals surface area contributed by atoms with Gasteiger partial charge in [-0.25, -0.2) is 4.98 Å². The maximum absolute atomic E-state index is 12.3. The first-order chi connectivity index (χ1) is 13.8. The van der Waals surface area contributed by atoms with Gasteiger partial charge in [-0.2, -0.15) is 4.98 Å². The monoisotopic (exact) mass is 383 g/mol.